The van der Waals surface area contributed by atoms with Gasteiger partial charge in [-0.1, -0.05) is 18.5 Å². The molecule has 0 radical (unpaired) electrons. The van der Waals surface area contributed by atoms with E-state index in [2.05, 4.69) is 9.97 Å². The van der Waals surface area contributed by atoms with Crippen LogP contribution in [0.15, 0.2) is 16.5 Å². The first kappa shape index (κ1) is 13.0. The van der Waals surface area contributed by atoms with E-state index in [0.29, 0.717) is 6.54 Å². The Balaban J connectivity index is 2.32. The van der Waals surface area contributed by atoms with Gasteiger partial charge in [0.2, 0.25) is 5.75 Å². The summed E-state index contributed by atoms with van der Waals surface area (Å²) in [6.45, 7) is 2.41. The minimum atomic E-state index is -0.302. The summed E-state index contributed by atoms with van der Waals surface area (Å²) in [6.07, 6.45) is 2.29. The number of hydrogen-bond acceptors (Lipinski definition) is 5. The molecule has 7 heteroatoms. The number of rotatable bonds is 4. The topological polar surface area (TPSA) is 57.0 Å². The van der Waals surface area contributed by atoms with E-state index in [1.165, 1.54) is 18.0 Å². The molecule has 0 N–H and O–H groups in total. The van der Waals surface area contributed by atoms with Crippen LogP contribution in [-0.2, 0) is 13.0 Å². The number of aromatic nitrogens is 3. The van der Waals surface area contributed by atoms with Crippen LogP contribution in [0.4, 0.5) is 0 Å². The molecule has 0 saturated carbocycles. The first-order chi connectivity index (χ1) is 8.65. The lowest BCUT2D eigenvalue weighted by atomic mass is 10.4. The highest BCUT2D eigenvalue weighted by atomic mass is 35.5. The van der Waals surface area contributed by atoms with Crippen molar-refractivity contribution < 1.29 is 4.74 Å². The van der Waals surface area contributed by atoms with Gasteiger partial charge in [0.15, 0.2) is 5.15 Å². The minimum Gasteiger partial charge on any atom is -0.489 e. The summed E-state index contributed by atoms with van der Waals surface area (Å²) in [7, 11) is 1.40. The minimum absolute atomic E-state index is 0.0603. The van der Waals surface area contributed by atoms with E-state index in [9.17, 15) is 4.79 Å². The maximum absolute atomic E-state index is 12.0. The van der Waals surface area contributed by atoms with Gasteiger partial charge >= 0.3 is 0 Å². The number of nitrogens with zero attached hydrogens (tertiary/aromatic N) is 3. The molecule has 0 aliphatic carbocycles. The molecule has 0 amide bonds. The van der Waals surface area contributed by atoms with Crippen LogP contribution in [-0.4, -0.2) is 21.6 Å². The van der Waals surface area contributed by atoms with Crippen LogP contribution in [0.5, 0.6) is 5.75 Å². The lowest BCUT2D eigenvalue weighted by Gasteiger charge is -2.06. The van der Waals surface area contributed by atoms with Crippen molar-refractivity contribution in [2.45, 2.75) is 19.9 Å². The monoisotopic (exact) mass is 285 g/mol. The molecule has 0 fully saturated rings. The van der Waals surface area contributed by atoms with Crippen LogP contribution in [0.1, 0.15) is 17.6 Å². The Morgan fingerprint density at radius 1 is 1.56 bits per heavy atom. The summed E-state index contributed by atoms with van der Waals surface area (Å²) in [5, 5.41) is 3.06. The first-order valence-corrected chi connectivity index (χ1v) is 6.63. The molecule has 0 bridgehead atoms. The zero-order valence-corrected chi connectivity index (χ0v) is 11.6. The Hall–Kier alpha value is -1.40. The molecule has 0 saturated heterocycles. The summed E-state index contributed by atoms with van der Waals surface area (Å²) >= 11 is 7.35. The standard InChI is InChI=1S/C11H12ClN3O2S/c1-3-8-14-7(5-18-8)4-15-6-13-10(12)9(17-2)11(15)16/h5-6H,3-4H2,1-2H3. The predicted molar refractivity (Wildman–Crippen MR) is 70.7 cm³/mol. The van der Waals surface area contributed by atoms with Crippen LogP contribution in [0.3, 0.4) is 0 Å². The van der Waals surface area contributed by atoms with Crippen molar-refractivity contribution in [2.24, 2.45) is 0 Å². The second-order valence-electron chi connectivity index (χ2n) is 3.59. The Labute approximate surface area is 113 Å². The zero-order chi connectivity index (χ0) is 13.1. The van der Waals surface area contributed by atoms with Crippen molar-refractivity contribution in [3.63, 3.8) is 0 Å². The molecule has 0 aromatic carbocycles. The van der Waals surface area contributed by atoms with Crippen molar-refractivity contribution in [2.75, 3.05) is 7.11 Å². The van der Waals surface area contributed by atoms with Crippen molar-refractivity contribution >= 4 is 22.9 Å². The fraction of sp³-hybridized carbons (Fsp3) is 0.364. The van der Waals surface area contributed by atoms with Crippen molar-refractivity contribution in [1.29, 1.82) is 0 Å². The van der Waals surface area contributed by atoms with Crippen LogP contribution in [0.2, 0.25) is 5.15 Å². The highest BCUT2D eigenvalue weighted by Crippen LogP contribution is 2.16. The predicted octanol–water partition coefficient (Wildman–Crippen LogP) is 1.97. The molecule has 0 atom stereocenters. The van der Waals surface area contributed by atoms with Gasteiger partial charge in [-0.05, 0) is 6.42 Å². The quantitative estimate of drug-likeness (QED) is 0.806. The number of aryl methyl sites for hydroxylation is 1. The summed E-state index contributed by atoms with van der Waals surface area (Å²) in [5.74, 6) is 0.0603. The third kappa shape index (κ3) is 2.54. The number of methoxy groups -OCH3 is 1. The average molecular weight is 286 g/mol. The lowest BCUT2D eigenvalue weighted by molar-refractivity contribution is 0.400. The number of thiazole rings is 1. The molecule has 0 aliphatic heterocycles. The molecule has 2 rings (SSSR count). The maximum Gasteiger partial charge on any atom is 0.297 e. The number of halogens is 1. The average Bonchev–Trinajstić information content (AvgIpc) is 2.81. The third-order valence-corrected chi connectivity index (χ3v) is 3.70. The summed E-state index contributed by atoms with van der Waals surface area (Å²) < 4.78 is 6.36. The van der Waals surface area contributed by atoms with Crippen LogP contribution >= 0.6 is 22.9 Å². The summed E-state index contributed by atoms with van der Waals surface area (Å²) in [5.41, 5.74) is 0.536. The Morgan fingerprint density at radius 3 is 2.94 bits per heavy atom. The fourth-order valence-electron chi connectivity index (χ4n) is 1.49. The maximum atomic E-state index is 12.0. The molecular formula is C11H12ClN3O2S. The highest BCUT2D eigenvalue weighted by Gasteiger charge is 2.11. The second kappa shape index (κ2) is 5.49. The van der Waals surface area contributed by atoms with Crippen LogP contribution in [0.25, 0.3) is 0 Å². The second-order valence-corrected chi connectivity index (χ2v) is 4.89. The Kier molecular flexibility index (Phi) is 3.98. The molecule has 2 heterocycles. The lowest BCUT2D eigenvalue weighted by Crippen LogP contribution is -2.22. The molecule has 2 aromatic heterocycles. The zero-order valence-electron chi connectivity index (χ0n) is 10.0. The van der Waals surface area contributed by atoms with Gasteiger partial charge in [-0.15, -0.1) is 11.3 Å². The molecule has 2 aromatic rings. The summed E-state index contributed by atoms with van der Waals surface area (Å²) in [6, 6.07) is 0. The van der Waals surface area contributed by atoms with E-state index in [4.69, 9.17) is 16.3 Å². The third-order valence-electron chi connectivity index (χ3n) is 2.39. The van der Waals surface area contributed by atoms with E-state index in [1.54, 1.807) is 11.3 Å². The molecule has 5 nitrogen and oxygen atoms in total. The summed E-state index contributed by atoms with van der Waals surface area (Å²) in [4.78, 5) is 20.3. The van der Waals surface area contributed by atoms with Gasteiger partial charge in [0.05, 0.1) is 30.7 Å². The molecular weight excluding hydrogens is 274 g/mol. The van der Waals surface area contributed by atoms with Crippen LogP contribution in [0, 0.1) is 0 Å². The number of hydrogen-bond donors (Lipinski definition) is 0. The molecule has 0 unspecified atom stereocenters. The van der Waals surface area contributed by atoms with Gasteiger partial charge < -0.3 is 4.74 Å². The van der Waals surface area contributed by atoms with Crippen molar-refractivity contribution in [3.8, 4) is 5.75 Å². The van der Waals surface area contributed by atoms with E-state index < -0.39 is 0 Å². The van der Waals surface area contributed by atoms with Crippen LogP contribution < -0.4 is 10.3 Å². The Bertz CT molecular complexity index is 609. The van der Waals surface area contributed by atoms with Gasteiger partial charge in [-0.2, -0.15) is 0 Å². The molecule has 18 heavy (non-hydrogen) atoms. The van der Waals surface area contributed by atoms with Gasteiger partial charge in [-0.3, -0.25) is 9.36 Å². The first-order valence-electron chi connectivity index (χ1n) is 5.38. The molecule has 0 spiro atoms. The Morgan fingerprint density at radius 2 is 2.33 bits per heavy atom. The molecule has 0 aliphatic rings. The van der Waals surface area contributed by atoms with Gasteiger partial charge in [0.25, 0.3) is 5.56 Å². The van der Waals surface area contributed by atoms with E-state index in [1.807, 2.05) is 12.3 Å². The van der Waals surface area contributed by atoms with Gasteiger partial charge in [0, 0.05) is 5.38 Å². The van der Waals surface area contributed by atoms with E-state index in [-0.39, 0.29) is 16.5 Å². The van der Waals surface area contributed by atoms with Gasteiger partial charge in [0.1, 0.15) is 0 Å². The largest absolute Gasteiger partial charge is 0.489 e. The van der Waals surface area contributed by atoms with Gasteiger partial charge in [-0.25, -0.2) is 9.97 Å². The fourth-order valence-corrected chi connectivity index (χ4v) is 2.43. The van der Waals surface area contributed by atoms with E-state index in [0.717, 1.165) is 17.1 Å². The van der Waals surface area contributed by atoms with Crippen molar-refractivity contribution in [3.05, 3.63) is 37.9 Å². The smallest absolute Gasteiger partial charge is 0.297 e. The highest BCUT2D eigenvalue weighted by molar-refractivity contribution is 7.09. The normalized spacial score (nSPS) is 10.6. The number of ether oxygens (including phenoxy) is 1. The SMILES string of the molecule is CCc1nc(Cn2cnc(Cl)c(OC)c2=O)cs1. The van der Waals surface area contributed by atoms with Crippen molar-refractivity contribution in [1.82, 2.24) is 14.5 Å². The van der Waals surface area contributed by atoms with E-state index >= 15 is 0 Å². The molecule has 96 valence electrons.